The highest BCUT2D eigenvalue weighted by Crippen LogP contribution is 2.36. The zero-order chi connectivity index (χ0) is 26.0. The predicted octanol–water partition coefficient (Wildman–Crippen LogP) is 5.49. The van der Waals surface area contributed by atoms with Gasteiger partial charge in [0.1, 0.15) is 17.7 Å². The lowest BCUT2D eigenvalue weighted by Gasteiger charge is -2.12. The summed E-state index contributed by atoms with van der Waals surface area (Å²) in [5.41, 5.74) is 8.81. The molecule has 8 nitrogen and oxygen atoms in total. The van der Waals surface area contributed by atoms with Crippen LogP contribution in [0.5, 0.6) is 0 Å². The van der Waals surface area contributed by atoms with E-state index in [2.05, 4.69) is 20.7 Å². The number of benzene rings is 2. The normalized spacial score (nSPS) is 11.6. The van der Waals surface area contributed by atoms with E-state index in [9.17, 15) is 22.4 Å². The molecule has 2 aromatic carbocycles. The van der Waals surface area contributed by atoms with E-state index < -0.39 is 29.3 Å². The van der Waals surface area contributed by atoms with E-state index in [-0.39, 0.29) is 0 Å². The Bertz CT molecular complexity index is 1420. The summed E-state index contributed by atoms with van der Waals surface area (Å²) in [6.07, 6.45) is -2.63. The summed E-state index contributed by atoms with van der Waals surface area (Å²) in [5.74, 6) is -0.701. The first kappa shape index (κ1) is 24.9. The third kappa shape index (κ3) is 4.80. The second-order valence-corrected chi connectivity index (χ2v) is 7.84. The Balaban J connectivity index is 1.61. The Morgan fingerprint density at radius 3 is 2.50 bits per heavy atom. The van der Waals surface area contributed by atoms with Crippen LogP contribution in [0.4, 0.5) is 39.5 Å². The molecule has 188 valence electrons. The summed E-state index contributed by atoms with van der Waals surface area (Å²) in [4.78, 5) is 16.4. The summed E-state index contributed by atoms with van der Waals surface area (Å²) < 4.78 is 59.8. The van der Waals surface area contributed by atoms with Gasteiger partial charge in [0.2, 0.25) is 0 Å². The molecular weight excluding hydrogens is 480 g/mol. The van der Waals surface area contributed by atoms with Crippen molar-refractivity contribution in [2.75, 3.05) is 23.5 Å². The molecule has 0 spiro atoms. The molecule has 0 fully saturated rings. The van der Waals surface area contributed by atoms with E-state index in [0.717, 1.165) is 22.4 Å². The largest absolute Gasteiger partial charge is 0.416 e. The molecule has 36 heavy (non-hydrogen) atoms. The second kappa shape index (κ2) is 9.82. The molecule has 4 N–H and O–H groups in total. The Morgan fingerprint density at radius 1 is 1.14 bits per heavy atom. The number of anilines is 3. The highest BCUT2D eigenvalue weighted by molar-refractivity contribution is 6.00. The van der Waals surface area contributed by atoms with Crippen molar-refractivity contribution in [3.8, 4) is 11.1 Å². The molecular formula is C24H22F4N6O2. The van der Waals surface area contributed by atoms with Gasteiger partial charge in [0.25, 0.3) is 0 Å². The van der Waals surface area contributed by atoms with E-state index in [1.165, 1.54) is 6.33 Å². The number of nitrogen functional groups attached to an aromatic ring is 1. The number of hydrogen-bond donors (Lipinski definition) is 3. The number of ether oxygens (including phenoxy) is 1. The summed E-state index contributed by atoms with van der Waals surface area (Å²) >= 11 is 0. The van der Waals surface area contributed by atoms with Crippen LogP contribution in [0.3, 0.4) is 0 Å². The maximum Gasteiger partial charge on any atom is 0.416 e. The van der Waals surface area contributed by atoms with Gasteiger partial charge in [-0.2, -0.15) is 18.3 Å². The quantitative estimate of drug-likeness (QED) is 0.302. The fourth-order valence-corrected chi connectivity index (χ4v) is 4.00. The monoisotopic (exact) mass is 502 g/mol. The van der Waals surface area contributed by atoms with Crippen LogP contribution in [-0.4, -0.2) is 27.7 Å². The van der Waals surface area contributed by atoms with Gasteiger partial charge in [0.05, 0.1) is 17.9 Å². The maximum absolute atomic E-state index is 13.9. The van der Waals surface area contributed by atoms with E-state index in [1.807, 2.05) is 6.92 Å². The highest BCUT2D eigenvalue weighted by Gasteiger charge is 2.31. The van der Waals surface area contributed by atoms with Crippen LogP contribution in [-0.2, 0) is 23.9 Å². The number of methoxy groups -OCH3 is 1. The molecule has 0 atom stereocenters. The number of rotatable bonds is 6. The SMILES string of the molecule is CCc1c(COC)c(-c2ccc(NC(=O)Nc3cc(C(F)(F)F)ccc3F)cc2)c2c(N)ncnn12. The van der Waals surface area contributed by atoms with Gasteiger partial charge >= 0.3 is 12.2 Å². The van der Waals surface area contributed by atoms with Crippen LogP contribution in [0.2, 0.25) is 0 Å². The van der Waals surface area contributed by atoms with Crippen LogP contribution in [0.15, 0.2) is 48.8 Å². The number of nitrogens with zero attached hydrogens (tertiary/aromatic N) is 3. The van der Waals surface area contributed by atoms with Crippen molar-refractivity contribution in [2.45, 2.75) is 26.1 Å². The molecule has 0 saturated heterocycles. The van der Waals surface area contributed by atoms with Crippen molar-refractivity contribution in [3.05, 3.63) is 71.4 Å². The first-order valence-electron chi connectivity index (χ1n) is 10.8. The van der Waals surface area contributed by atoms with E-state index in [1.54, 1.807) is 35.9 Å². The lowest BCUT2D eigenvalue weighted by Crippen LogP contribution is -2.20. The van der Waals surface area contributed by atoms with Crippen molar-refractivity contribution in [2.24, 2.45) is 0 Å². The van der Waals surface area contributed by atoms with E-state index >= 15 is 0 Å². The molecule has 0 unspecified atom stereocenters. The lowest BCUT2D eigenvalue weighted by molar-refractivity contribution is -0.137. The minimum atomic E-state index is -4.67. The second-order valence-electron chi connectivity index (χ2n) is 7.84. The molecule has 0 aliphatic carbocycles. The van der Waals surface area contributed by atoms with Crippen molar-refractivity contribution in [1.29, 1.82) is 0 Å². The number of hydrogen-bond acceptors (Lipinski definition) is 5. The Labute approximate surface area is 203 Å². The number of alkyl halides is 3. The molecule has 2 aromatic heterocycles. The van der Waals surface area contributed by atoms with Gasteiger partial charge in [-0.3, -0.25) is 0 Å². The zero-order valence-corrected chi connectivity index (χ0v) is 19.3. The van der Waals surface area contributed by atoms with Crippen LogP contribution in [0.1, 0.15) is 23.7 Å². The van der Waals surface area contributed by atoms with Crippen molar-refractivity contribution in [3.63, 3.8) is 0 Å². The zero-order valence-electron chi connectivity index (χ0n) is 19.3. The summed E-state index contributed by atoms with van der Waals surface area (Å²) in [6, 6.07) is 7.55. The number of nitrogens with two attached hydrogens (primary N) is 1. The fourth-order valence-electron chi connectivity index (χ4n) is 4.00. The van der Waals surface area contributed by atoms with Crippen LogP contribution < -0.4 is 16.4 Å². The number of amides is 2. The number of fused-ring (bicyclic) bond motifs is 1. The first-order chi connectivity index (χ1) is 17.1. The predicted molar refractivity (Wildman–Crippen MR) is 127 cm³/mol. The average molecular weight is 502 g/mol. The van der Waals surface area contributed by atoms with Crippen LogP contribution in [0.25, 0.3) is 16.6 Å². The highest BCUT2D eigenvalue weighted by atomic mass is 19.4. The molecule has 0 aliphatic rings. The van der Waals surface area contributed by atoms with Crippen molar-refractivity contribution < 1.29 is 27.1 Å². The first-order valence-corrected chi connectivity index (χ1v) is 10.8. The van der Waals surface area contributed by atoms with E-state index in [0.29, 0.717) is 48.2 Å². The number of carbonyl (C=O) groups excluding carboxylic acids is 1. The third-order valence-corrected chi connectivity index (χ3v) is 5.56. The van der Waals surface area contributed by atoms with Gasteiger partial charge < -0.3 is 21.1 Å². The lowest BCUT2D eigenvalue weighted by atomic mass is 10.0. The summed E-state index contributed by atoms with van der Waals surface area (Å²) in [6.45, 7) is 2.30. The van der Waals surface area contributed by atoms with Gasteiger partial charge in [-0.1, -0.05) is 19.1 Å². The molecule has 0 saturated carbocycles. The fraction of sp³-hybridized carbons (Fsp3) is 0.208. The number of urea groups is 1. The Morgan fingerprint density at radius 2 is 1.86 bits per heavy atom. The maximum atomic E-state index is 13.9. The molecule has 0 aliphatic heterocycles. The van der Waals surface area contributed by atoms with Gasteiger partial charge in [-0.25, -0.2) is 18.7 Å². The minimum absolute atomic E-state index is 0.293. The van der Waals surface area contributed by atoms with Crippen molar-refractivity contribution >= 4 is 28.7 Å². The Kier molecular flexibility index (Phi) is 6.80. The van der Waals surface area contributed by atoms with E-state index in [4.69, 9.17) is 10.5 Å². The number of carbonyl (C=O) groups is 1. The molecule has 4 aromatic rings. The summed E-state index contributed by atoms with van der Waals surface area (Å²) in [5, 5.41) is 8.92. The number of aromatic nitrogens is 3. The van der Waals surface area contributed by atoms with Crippen LogP contribution >= 0.6 is 0 Å². The molecule has 2 amide bonds. The Hall–Kier alpha value is -4.19. The minimum Gasteiger partial charge on any atom is -0.382 e. The molecule has 2 heterocycles. The number of aryl methyl sites for hydroxylation is 1. The van der Waals surface area contributed by atoms with Crippen molar-refractivity contribution in [1.82, 2.24) is 14.6 Å². The van der Waals surface area contributed by atoms with Gasteiger partial charge in [-0.15, -0.1) is 0 Å². The topological polar surface area (TPSA) is 107 Å². The molecule has 12 heteroatoms. The molecule has 0 radical (unpaired) electrons. The standard InChI is InChI=1S/C24H22F4N6O2/c1-3-19-16(11-36-2)20(21-22(29)30-12-31-34(19)21)13-4-7-15(8-5-13)32-23(35)33-18-10-14(24(26,27)28)6-9-17(18)25/h4-10,12H,3,11H2,1-2H3,(H2,29,30,31)(H2,32,33,35). The molecule has 4 rings (SSSR count). The van der Waals surface area contributed by atoms with Gasteiger partial charge in [0, 0.05) is 29.6 Å². The third-order valence-electron chi connectivity index (χ3n) is 5.56. The smallest absolute Gasteiger partial charge is 0.382 e. The number of nitrogens with one attached hydrogen (secondary N) is 2. The number of halogens is 4. The van der Waals surface area contributed by atoms with Gasteiger partial charge in [-0.05, 0) is 42.3 Å². The van der Waals surface area contributed by atoms with Gasteiger partial charge in [0.15, 0.2) is 5.82 Å². The summed E-state index contributed by atoms with van der Waals surface area (Å²) in [7, 11) is 1.58. The van der Waals surface area contributed by atoms with Crippen LogP contribution in [0, 0.1) is 5.82 Å². The molecule has 0 bridgehead atoms. The average Bonchev–Trinajstić information content (AvgIpc) is 3.15.